The number of aromatic nitrogens is 1. The highest BCUT2D eigenvalue weighted by molar-refractivity contribution is 7.09. The minimum atomic E-state index is 0.213. The van der Waals surface area contributed by atoms with E-state index in [1.165, 1.54) is 0 Å². The van der Waals surface area contributed by atoms with Gasteiger partial charge in [0.2, 0.25) is 0 Å². The minimum absolute atomic E-state index is 0.213. The summed E-state index contributed by atoms with van der Waals surface area (Å²) in [6, 6.07) is 5.98. The molecule has 0 saturated heterocycles. The highest BCUT2D eigenvalue weighted by Crippen LogP contribution is 2.29. The van der Waals surface area contributed by atoms with Gasteiger partial charge in [-0.15, -0.1) is 11.3 Å². The third kappa shape index (κ3) is 4.20. The molecule has 1 aromatic carbocycles. The van der Waals surface area contributed by atoms with Gasteiger partial charge in [0.05, 0.1) is 10.4 Å². The second-order valence-corrected chi connectivity index (χ2v) is 6.02. The van der Waals surface area contributed by atoms with Crippen LogP contribution in [0, 0.1) is 0 Å². The lowest BCUT2D eigenvalue weighted by Crippen LogP contribution is -2.20. The summed E-state index contributed by atoms with van der Waals surface area (Å²) in [5, 5.41) is 4.19. The molecular weight excluding hydrogens is 292 g/mol. The maximum absolute atomic E-state index is 6.10. The number of ether oxygens (including phenoxy) is 1. The van der Waals surface area contributed by atoms with E-state index in [4.69, 9.17) is 16.3 Å². The molecule has 0 bridgehead atoms. The van der Waals surface area contributed by atoms with Crippen LogP contribution in [0.15, 0.2) is 29.9 Å². The van der Waals surface area contributed by atoms with Crippen LogP contribution in [0.2, 0.25) is 5.02 Å². The number of benzene rings is 1. The van der Waals surface area contributed by atoms with Crippen molar-refractivity contribution in [3.8, 4) is 5.75 Å². The van der Waals surface area contributed by atoms with Crippen LogP contribution in [0.1, 0.15) is 36.8 Å². The van der Waals surface area contributed by atoms with Crippen LogP contribution in [0.25, 0.3) is 0 Å². The average molecular weight is 311 g/mol. The van der Waals surface area contributed by atoms with Crippen molar-refractivity contribution in [2.45, 2.75) is 32.9 Å². The Bertz CT molecular complexity index is 531. The Morgan fingerprint density at radius 3 is 3.00 bits per heavy atom. The van der Waals surface area contributed by atoms with Crippen LogP contribution in [-0.4, -0.2) is 11.5 Å². The largest absolute Gasteiger partial charge is 0.488 e. The molecule has 3 nitrogen and oxygen atoms in total. The van der Waals surface area contributed by atoms with Gasteiger partial charge in [-0.1, -0.05) is 18.5 Å². The highest BCUT2D eigenvalue weighted by atomic mass is 35.5. The first kappa shape index (κ1) is 15.3. The molecule has 0 radical (unpaired) electrons. The Morgan fingerprint density at radius 1 is 1.45 bits per heavy atom. The minimum Gasteiger partial charge on any atom is -0.488 e. The molecule has 1 atom stereocenters. The van der Waals surface area contributed by atoms with E-state index in [0.29, 0.717) is 6.61 Å². The first-order valence-electron chi connectivity index (χ1n) is 6.73. The quantitative estimate of drug-likeness (QED) is 0.821. The summed E-state index contributed by atoms with van der Waals surface area (Å²) in [5.74, 6) is 0.874. The zero-order valence-corrected chi connectivity index (χ0v) is 13.3. The van der Waals surface area contributed by atoms with Gasteiger partial charge < -0.3 is 10.1 Å². The lowest BCUT2D eigenvalue weighted by atomic mass is 10.1. The fourth-order valence-electron chi connectivity index (χ4n) is 1.92. The molecule has 0 fully saturated rings. The van der Waals surface area contributed by atoms with Crippen molar-refractivity contribution < 1.29 is 4.74 Å². The van der Waals surface area contributed by atoms with E-state index in [-0.39, 0.29) is 6.04 Å². The Kier molecular flexibility index (Phi) is 5.83. The first-order valence-corrected chi connectivity index (χ1v) is 7.99. The lowest BCUT2D eigenvalue weighted by molar-refractivity contribution is 0.303. The van der Waals surface area contributed by atoms with Crippen LogP contribution in [0.5, 0.6) is 5.75 Å². The van der Waals surface area contributed by atoms with Gasteiger partial charge in [0.25, 0.3) is 0 Å². The van der Waals surface area contributed by atoms with Gasteiger partial charge in [-0.25, -0.2) is 0 Å². The van der Waals surface area contributed by atoms with E-state index in [9.17, 15) is 0 Å². The zero-order chi connectivity index (χ0) is 14.4. The van der Waals surface area contributed by atoms with Gasteiger partial charge in [-0.3, -0.25) is 4.98 Å². The zero-order valence-electron chi connectivity index (χ0n) is 11.7. The standard InChI is InChI=1S/C15H19ClN2OS/c1-3-6-18-11(2)14-7-12(16)4-5-15(14)19-9-13-8-17-10-20-13/h4-5,7-8,10-11,18H,3,6,9H2,1-2H3. The van der Waals surface area contributed by atoms with Crippen LogP contribution >= 0.6 is 22.9 Å². The van der Waals surface area contributed by atoms with Crippen molar-refractivity contribution >= 4 is 22.9 Å². The van der Waals surface area contributed by atoms with Gasteiger partial charge >= 0.3 is 0 Å². The fourth-order valence-corrected chi connectivity index (χ4v) is 2.61. The van der Waals surface area contributed by atoms with Crippen molar-refractivity contribution in [3.63, 3.8) is 0 Å². The molecule has 0 saturated carbocycles. The number of nitrogens with zero attached hydrogens (tertiary/aromatic N) is 1. The summed E-state index contributed by atoms with van der Waals surface area (Å²) in [4.78, 5) is 5.16. The Labute approximate surface area is 129 Å². The first-order chi connectivity index (χ1) is 9.70. The molecule has 1 unspecified atom stereocenters. The predicted octanol–water partition coefficient (Wildman–Crippen LogP) is 4.44. The second-order valence-electron chi connectivity index (χ2n) is 4.61. The van der Waals surface area contributed by atoms with Gasteiger partial charge in [0.1, 0.15) is 12.4 Å². The molecule has 5 heteroatoms. The van der Waals surface area contributed by atoms with Crippen molar-refractivity contribution in [3.05, 3.63) is 45.4 Å². The summed E-state index contributed by atoms with van der Waals surface area (Å²) in [7, 11) is 0. The predicted molar refractivity (Wildman–Crippen MR) is 84.6 cm³/mol. The van der Waals surface area contributed by atoms with Crippen LogP contribution in [-0.2, 0) is 6.61 Å². The monoisotopic (exact) mass is 310 g/mol. The third-order valence-corrected chi connectivity index (χ3v) is 3.98. The molecule has 0 spiro atoms. The van der Waals surface area contributed by atoms with Crippen LogP contribution in [0.4, 0.5) is 0 Å². The van der Waals surface area contributed by atoms with Crippen LogP contribution < -0.4 is 10.1 Å². The maximum atomic E-state index is 6.10. The molecule has 0 aliphatic carbocycles. The fraction of sp³-hybridized carbons (Fsp3) is 0.400. The molecule has 108 valence electrons. The molecule has 1 N–H and O–H groups in total. The number of hydrogen-bond donors (Lipinski definition) is 1. The van der Waals surface area contributed by atoms with Crippen molar-refractivity contribution in [2.75, 3.05) is 6.54 Å². The second kappa shape index (κ2) is 7.62. The number of thiazole rings is 1. The Hall–Kier alpha value is -1.10. The summed E-state index contributed by atoms with van der Waals surface area (Å²) in [5.41, 5.74) is 2.91. The summed E-state index contributed by atoms with van der Waals surface area (Å²) in [6.07, 6.45) is 2.93. The summed E-state index contributed by atoms with van der Waals surface area (Å²) in [6.45, 7) is 5.79. The molecule has 0 aliphatic heterocycles. The normalized spacial score (nSPS) is 12.3. The summed E-state index contributed by atoms with van der Waals surface area (Å²) >= 11 is 7.70. The van der Waals surface area contributed by atoms with Crippen molar-refractivity contribution in [1.82, 2.24) is 10.3 Å². The Morgan fingerprint density at radius 2 is 2.30 bits per heavy atom. The van der Waals surface area contributed by atoms with E-state index in [1.54, 1.807) is 11.3 Å². The number of rotatable bonds is 7. The molecule has 2 rings (SSSR count). The van der Waals surface area contributed by atoms with Crippen molar-refractivity contribution in [1.29, 1.82) is 0 Å². The maximum Gasteiger partial charge on any atom is 0.124 e. The lowest BCUT2D eigenvalue weighted by Gasteiger charge is -2.18. The van der Waals surface area contributed by atoms with Crippen LogP contribution in [0.3, 0.4) is 0 Å². The van der Waals surface area contributed by atoms with Gasteiger partial charge in [-0.05, 0) is 38.1 Å². The van der Waals surface area contributed by atoms with Gasteiger partial charge in [0, 0.05) is 22.8 Å². The topological polar surface area (TPSA) is 34.1 Å². The third-order valence-electron chi connectivity index (χ3n) is 2.99. The SMILES string of the molecule is CCCNC(C)c1cc(Cl)ccc1OCc1cncs1. The molecule has 0 amide bonds. The molecule has 1 aromatic heterocycles. The Balaban J connectivity index is 2.10. The molecule has 0 aliphatic rings. The van der Waals surface area contributed by atoms with E-state index in [1.807, 2.05) is 29.9 Å². The molecule has 1 heterocycles. The number of hydrogen-bond acceptors (Lipinski definition) is 4. The van der Waals surface area contributed by atoms with E-state index in [2.05, 4.69) is 24.1 Å². The smallest absolute Gasteiger partial charge is 0.124 e. The number of nitrogens with one attached hydrogen (secondary N) is 1. The highest BCUT2D eigenvalue weighted by Gasteiger charge is 2.12. The van der Waals surface area contributed by atoms with E-state index >= 15 is 0 Å². The van der Waals surface area contributed by atoms with E-state index < -0.39 is 0 Å². The molecule has 20 heavy (non-hydrogen) atoms. The van der Waals surface area contributed by atoms with Gasteiger partial charge in [-0.2, -0.15) is 0 Å². The average Bonchev–Trinajstić information content (AvgIpc) is 2.96. The number of halogens is 1. The summed E-state index contributed by atoms with van der Waals surface area (Å²) < 4.78 is 5.91. The van der Waals surface area contributed by atoms with E-state index in [0.717, 1.165) is 34.2 Å². The molecular formula is C15H19ClN2OS. The van der Waals surface area contributed by atoms with Gasteiger partial charge in [0.15, 0.2) is 0 Å². The van der Waals surface area contributed by atoms with Crippen molar-refractivity contribution in [2.24, 2.45) is 0 Å². The molecule has 2 aromatic rings.